The highest BCUT2D eigenvalue weighted by molar-refractivity contribution is 9.10. The zero-order chi connectivity index (χ0) is 17.8. The molecule has 0 saturated heterocycles. The number of thiazole rings is 1. The summed E-state index contributed by atoms with van der Waals surface area (Å²) in [5, 5.41) is 6.13. The lowest BCUT2D eigenvalue weighted by atomic mass is 10.2. The monoisotopic (exact) mass is 452 g/mol. The molecule has 0 aliphatic rings. The fourth-order valence-electron chi connectivity index (χ4n) is 2.02. The van der Waals surface area contributed by atoms with Crippen molar-refractivity contribution in [2.24, 2.45) is 0 Å². The molecule has 0 bridgehead atoms. The van der Waals surface area contributed by atoms with Gasteiger partial charge in [0.25, 0.3) is 0 Å². The van der Waals surface area contributed by atoms with Crippen molar-refractivity contribution in [2.75, 3.05) is 5.32 Å². The Kier molecular flexibility index (Phi) is 5.91. The molecule has 1 N–H and O–H groups in total. The summed E-state index contributed by atoms with van der Waals surface area (Å²) in [5.74, 6) is -0.261. The maximum Gasteiger partial charge on any atom is 0.250 e. The standard InChI is InChI=1S/C18H11BrCl2N2OS/c19-13-5-3-12(4-6-13)16-10-25-18(22-16)23-17(24)8-2-11-1-7-14(20)15(21)9-11/h1-10H,(H,22,23,24). The molecule has 1 aromatic heterocycles. The van der Waals surface area contributed by atoms with Crippen molar-refractivity contribution in [3.63, 3.8) is 0 Å². The lowest BCUT2D eigenvalue weighted by molar-refractivity contribution is -0.111. The summed E-state index contributed by atoms with van der Waals surface area (Å²) in [6.07, 6.45) is 3.10. The van der Waals surface area contributed by atoms with Gasteiger partial charge in [0.05, 0.1) is 15.7 Å². The molecule has 1 heterocycles. The van der Waals surface area contributed by atoms with Crippen LogP contribution in [0.1, 0.15) is 5.56 Å². The van der Waals surface area contributed by atoms with Crippen LogP contribution in [0.5, 0.6) is 0 Å². The maximum absolute atomic E-state index is 12.0. The molecular weight excluding hydrogens is 443 g/mol. The van der Waals surface area contributed by atoms with Crippen LogP contribution in [0.3, 0.4) is 0 Å². The van der Waals surface area contributed by atoms with Crippen molar-refractivity contribution in [2.45, 2.75) is 0 Å². The Bertz CT molecular complexity index is 939. The van der Waals surface area contributed by atoms with Crippen LogP contribution in [0.15, 0.2) is 58.4 Å². The van der Waals surface area contributed by atoms with E-state index in [0.29, 0.717) is 15.2 Å². The normalized spacial score (nSPS) is 11.0. The summed E-state index contributed by atoms with van der Waals surface area (Å²) in [4.78, 5) is 16.5. The largest absolute Gasteiger partial charge is 0.298 e. The number of carbonyl (C=O) groups excluding carboxylic acids is 1. The second-order valence-corrected chi connectivity index (χ2v) is 7.63. The molecular formula is C18H11BrCl2N2OS. The number of hydrogen-bond donors (Lipinski definition) is 1. The fraction of sp³-hybridized carbons (Fsp3) is 0. The molecule has 0 unspecified atom stereocenters. The van der Waals surface area contributed by atoms with E-state index in [2.05, 4.69) is 26.2 Å². The summed E-state index contributed by atoms with van der Waals surface area (Å²) in [5.41, 5.74) is 2.60. The third-order valence-corrected chi connectivity index (χ3v) is 5.27. The van der Waals surface area contributed by atoms with Crippen LogP contribution < -0.4 is 5.32 Å². The van der Waals surface area contributed by atoms with E-state index in [0.717, 1.165) is 21.3 Å². The quantitative estimate of drug-likeness (QED) is 0.456. The van der Waals surface area contributed by atoms with Gasteiger partial charge < -0.3 is 0 Å². The lowest BCUT2D eigenvalue weighted by Crippen LogP contribution is -2.07. The minimum atomic E-state index is -0.261. The average Bonchev–Trinajstić information content (AvgIpc) is 3.05. The van der Waals surface area contributed by atoms with Gasteiger partial charge in [-0.15, -0.1) is 11.3 Å². The molecule has 3 rings (SSSR count). The minimum Gasteiger partial charge on any atom is -0.298 e. The van der Waals surface area contributed by atoms with Gasteiger partial charge in [-0.2, -0.15) is 0 Å². The Balaban J connectivity index is 1.66. The number of amides is 1. The number of rotatable bonds is 4. The zero-order valence-electron chi connectivity index (χ0n) is 12.7. The summed E-state index contributed by atoms with van der Waals surface area (Å²) in [6.45, 7) is 0. The van der Waals surface area contributed by atoms with Crippen LogP contribution >= 0.6 is 50.5 Å². The Morgan fingerprint density at radius 1 is 1.12 bits per heavy atom. The van der Waals surface area contributed by atoms with Crippen LogP contribution in [0.2, 0.25) is 10.0 Å². The molecule has 3 nitrogen and oxygen atoms in total. The second kappa shape index (κ2) is 8.15. The summed E-state index contributed by atoms with van der Waals surface area (Å²) in [6, 6.07) is 13.0. The van der Waals surface area contributed by atoms with Crippen LogP contribution in [0.25, 0.3) is 17.3 Å². The van der Waals surface area contributed by atoms with Gasteiger partial charge in [0.2, 0.25) is 5.91 Å². The molecule has 0 radical (unpaired) electrons. The number of halogens is 3. The highest BCUT2D eigenvalue weighted by Crippen LogP contribution is 2.26. The SMILES string of the molecule is O=C(C=Cc1ccc(Cl)c(Cl)c1)Nc1nc(-c2ccc(Br)cc2)cs1. The number of benzene rings is 2. The van der Waals surface area contributed by atoms with E-state index in [1.807, 2.05) is 29.6 Å². The van der Waals surface area contributed by atoms with Crippen molar-refractivity contribution < 1.29 is 4.79 Å². The Morgan fingerprint density at radius 2 is 1.88 bits per heavy atom. The number of anilines is 1. The topological polar surface area (TPSA) is 42.0 Å². The Hall–Kier alpha value is -1.66. The highest BCUT2D eigenvalue weighted by atomic mass is 79.9. The molecule has 0 fully saturated rings. The van der Waals surface area contributed by atoms with Gasteiger partial charge in [-0.05, 0) is 35.9 Å². The van der Waals surface area contributed by atoms with E-state index in [9.17, 15) is 4.79 Å². The fourth-order valence-corrected chi connectivity index (χ4v) is 3.31. The molecule has 0 atom stereocenters. The molecule has 0 aliphatic heterocycles. The number of aromatic nitrogens is 1. The first kappa shape index (κ1) is 18.1. The Morgan fingerprint density at radius 3 is 2.60 bits per heavy atom. The zero-order valence-corrected chi connectivity index (χ0v) is 16.6. The van der Waals surface area contributed by atoms with E-state index in [1.54, 1.807) is 24.3 Å². The molecule has 1 amide bonds. The van der Waals surface area contributed by atoms with Gasteiger partial charge in [0, 0.05) is 21.5 Å². The minimum absolute atomic E-state index is 0.261. The van der Waals surface area contributed by atoms with Crippen molar-refractivity contribution in [1.82, 2.24) is 4.98 Å². The van der Waals surface area contributed by atoms with Crippen molar-refractivity contribution in [3.8, 4) is 11.3 Å². The van der Waals surface area contributed by atoms with Crippen LogP contribution in [0, 0.1) is 0 Å². The third-order valence-electron chi connectivity index (χ3n) is 3.25. The first-order valence-electron chi connectivity index (χ1n) is 7.17. The maximum atomic E-state index is 12.0. The molecule has 126 valence electrons. The van der Waals surface area contributed by atoms with Gasteiger partial charge in [-0.25, -0.2) is 4.98 Å². The Labute approximate surface area is 167 Å². The predicted molar refractivity (Wildman–Crippen MR) is 109 cm³/mol. The molecule has 0 saturated carbocycles. The van der Waals surface area contributed by atoms with E-state index < -0.39 is 0 Å². The van der Waals surface area contributed by atoms with Crippen molar-refractivity contribution >= 4 is 67.6 Å². The molecule has 3 aromatic rings. The van der Waals surface area contributed by atoms with Crippen LogP contribution in [-0.4, -0.2) is 10.9 Å². The molecule has 0 aliphatic carbocycles. The van der Waals surface area contributed by atoms with Gasteiger partial charge >= 0.3 is 0 Å². The molecule has 0 spiro atoms. The van der Waals surface area contributed by atoms with Gasteiger partial charge in [0.1, 0.15) is 0 Å². The third kappa shape index (κ3) is 4.92. The lowest BCUT2D eigenvalue weighted by Gasteiger charge is -1.99. The van der Waals surface area contributed by atoms with E-state index in [4.69, 9.17) is 23.2 Å². The van der Waals surface area contributed by atoms with Crippen molar-refractivity contribution in [1.29, 1.82) is 0 Å². The number of carbonyl (C=O) groups is 1. The van der Waals surface area contributed by atoms with Gasteiger partial charge in [-0.1, -0.05) is 57.3 Å². The first-order chi connectivity index (χ1) is 12.0. The molecule has 25 heavy (non-hydrogen) atoms. The van der Waals surface area contributed by atoms with E-state index in [1.165, 1.54) is 17.4 Å². The predicted octanol–water partition coefficient (Wildman–Crippen LogP) is 6.53. The van der Waals surface area contributed by atoms with Gasteiger partial charge in [-0.3, -0.25) is 10.1 Å². The summed E-state index contributed by atoms with van der Waals surface area (Å²) < 4.78 is 1.01. The molecule has 7 heteroatoms. The van der Waals surface area contributed by atoms with Crippen LogP contribution in [0.4, 0.5) is 5.13 Å². The first-order valence-corrected chi connectivity index (χ1v) is 9.60. The average molecular weight is 454 g/mol. The summed E-state index contributed by atoms with van der Waals surface area (Å²) in [7, 11) is 0. The van der Waals surface area contributed by atoms with Crippen molar-refractivity contribution in [3.05, 3.63) is 74.0 Å². The van der Waals surface area contributed by atoms with E-state index in [-0.39, 0.29) is 5.91 Å². The number of hydrogen-bond acceptors (Lipinski definition) is 3. The smallest absolute Gasteiger partial charge is 0.250 e. The molecule has 2 aromatic carbocycles. The van der Waals surface area contributed by atoms with Gasteiger partial charge in [0.15, 0.2) is 5.13 Å². The number of nitrogens with zero attached hydrogens (tertiary/aromatic N) is 1. The highest BCUT2D eigenvalue weighted by Gasteiger charge is 2.06. The van der Waals surface area contributed by atoms with E-state index >= 15 is 0 Å². The second-order valence-electron chi connectivity index (χ2n) is 5.04. The number of nitrogens with one attached hydrogen (secondary N) is 1. The summed E-state index contributed by atoms with van der Waals surface area (Å²) >= 11 is 16.6. The van der Waals surface area contributed by atoms with Crippen LogP contribution in [-0.2, 0) is 4.79 Å².